The molecule has 1 unspecified atom stereocenters. The van der Waals surface area contributed by atoms with Crippen molar-refractivity contribution in [2.24, 2.45) is 5.41 Å². The first-order valence-electron chi connectivity index (χ1n) is 6.47. The number of benzene rings is 1. The summed E-state index contributed by atoms with van der Waals surface area (Å²) in [6.45, 7) is 1.67. The number of carboxylic acid groups (broad SMARTS) is 1. The Labute approximate surface area is 132 Å². The zero-order valence-electron chi connectivity index (χ0n) is 11.4. The summed E-state index contributed by atoms with van der Waals surface area (Å²) in [5.74, 6) is -0.959. The van der Waals surface area contributed by atoms with Crippen LogP contribution in [0.3, 0.4) is 0 Å². The Kier molecular flexibility index (Phi) is 4.64. The normalized spacial score (nSPS) is 16.9. The number of halogens is 2. The van der Waals surface area contributed by atoms with Gasteiger partial charge >= 0.3 is 5.97 Å². The largest absolute Gasteiger partial charge is 0.481 e. The summed E-state index contributed by atoms with van der Waals surface area (Å²) in [5.41, 5.74) is -0.802. The van der Waals surface area contributed by atoms with Gasteiger partial charge in [-0.15, -0.1) is 0 Å². The highest BCUT2D eigenvalue weighted by atomic mass is 35.5. The molecule has 1 atom stereocenters. The van der Waals surface area contributed by atoms with Crippen LogP contribution in [-0.2, 0) is 9.59 Å². The number of aliphatic carboxylic acids is 1. The maximum atomic E-state index is 11.9. The van der Waals surface area contributed by atoms with Gasteiger partial charge < -0.3 is 15.2 Å². The number of carbonyl (C=O) groups excluding carboxylic acids is 1. The Hall–Kier alpha value is -1.46. The maximum Gasteiger partial charge on any atom is 0.311 e. The van der Waals surface area contributed by atoms with Gasteiger partial charge in [0.15, 0.2) is 6.10 Å². The van der Waals surface area contributed by atoms with E-state index in [9.17, 15) is 9.59 Å². The third-order valence-electron chi connectivity index (χ3n) is 3.50. The molecule has 1 saturated carbocycles. The average Bonchev–Trinajstić information content (AvgIpc) is 3.22. The van der Waals surface area contributed by atoms with E-state index in [-0.39, 0.29) is 11.6 Å². The molecule has 114 valence electrons. The number of carbonyl (C=O) groups is 2. The molecule has 0 spiro atoms. The lowest BCUT2D eigenvalue weighted by molar-refractivity contribution is -0.143. The third-order valence-corrected chi connectivity index (χ3v) is 4.30. The van der Waals surface area contributed by atoms with Gasteiger partial charge in [0.1, 0.15) is 10.8 Å². The Bertz CT molecular complexity index is 572. The minimum absolute atomic E-state index is 0.109. The summed E-state index contributed by atoms with van der Waals surface area (Å²) in [7, 11) is 0. The molecule has 1 aromatic carbocycles. The molecule has 0 radical (unpaired) electrons. The molecule has 0 saturated heterocycles. The zero-order chi connectivity index (χ0) is 15.6. The third kappa shape index (κ3) is 3.60. The van der Waals surface area contributed by atoms with Crippen LogP contribution in [0.1, 0.15) is 19.8 Å². The molecular weight excluding hydrogens is 317 g/mol. The van der Waals surface area contributed by atoms with Crippen LogP contribution in [0.4, 0.5) is 0 Å². The number of ether oxygens (including phenoxy) is 1. The molecule has 1 aromatic rings. The van der Waals surface area contributed by atoms with Crippen molar-refractivity contribution in [2.45, 2.75) is 25.9 Å². The van der Waals surface area contributed by atoms with Gasteiger partial charge in [-0.25, -0.2) is 0 Å². The first kappa shape index (κ1) is 15.9. The highest BCUT2D eigenvalue weighted by Crippen LogP contribution is 2.45. The summed E-state index contributed by atoms with van der Waals surface area (Å²) >= 11 is 11.8. The van der Waals surface area contributed by atoms with Crippen molar-refractivity contribution in [3.05, 3.63) is 28.2 Å². The highest BCUT2D eigenvalue weighted by Gasteiger charge is 2.50. The second-order valence-electron chi connectivity index (χ2n) is 5.12. The predicted molar refractivity (Wildman–Crippen MR) is 78.9 cm³/mol. The van der Waals surface area contributed by atoms with Crippen LogP contribution in [-0.4, -0.2) is 29.6 Å². The first-order chi connectivity index (χ1) is 9.85. The summed E-state index contributed by atoms with van der Waals surface area (Å²) < 4.78 is 5.46. The molecule has 0 heterocycles. The van der Waals surface area contributed by atoms with E-state index in [4.69, 9.17) is 33.0 Å². The van der Waals surface area contributed by atoms with Crippen molar-refractivity contribution in [1.82, 2.24) is 5.32 Å². The van der Waals surface area contributed by atoms with Crippen LogP contribution in [0.5, 0.6) is 5.75 Å². The van der Waals surface area contributed by atoms with Crippen LogP contribution in [0.15, 0.2) is 18.2 Å². The molecule has 1 aliphatic carbocycles. The fourth-order valence-electron chi connectivity index (χ4n) is 1.84. The first-order valence-corrected chi connectivity index (χ1v) is 7.23. The van der Waals surface area contributed by atoms with Gasteiger partial charge in [-0.1, -0.05) is 29.3 Å². The lowest BCUT2D eigenvalue weighted by atomic mass is 10.1. The van der Waals surface area contributed by atoms with Crippen molar-refractivity contribution in [3.8, 4) is 5.75 Å². The van der Waals surface area contributed by atoms with Crippen molar-refractivity contribution >= 4 is 35.1 Å². The van der Waals surface area contributed by atoms with E-state index in [1.54, 1.807) is 25.1 Å². The van der Waals surface area contributed by atoms with E-state index < -0.39 is 23.4 Å². The van der Waals surface area contributed by atoms with E-state index in [1.165, 1.54) is 0 Å². The molecule has 2 rings (SSSR count). The number of amides is 1. The quantitative estimate of drug-likeness (QED) is 0.840. The van der Waals surface area contributed by atoms with E-state index >= 15 is 0 Å². The molecule has 1 aliphatic rings. The Morgan fingerprint density at radius 1 is 1.43 bits per heavy atom. The second kappa shape index (κ2) is 6.12. The van der Waals surface area contributed by atoms with E-state index in [0.717, 1.165) is 0 Å². The number of hydrogen-bond acceptors (Lipinski definition) is 3. The molecule has 0 aliphatic heterocycles. The van der Waals surface area contributed by atoms with Crippen LogP contribution in [0.2, 0.25) is 10.0 Å². The van der Waals surface area contributed by atoms with E-state index in [0.29, 0.717) is 23.6 Å². The fourth-order valence-corrected chi connectivity index (χ4v) is 2.17. The topological polar surface area (TPSA) is 75.6 Å². The van der Waals surface area contributed by atoms with Gasteiger partial charge in [0.05, 0.1) is 10.4 Å². The summed E-state index contributed by atoms with van der Waals surface area (Å²) in [5, 5.41) is 12.2. The van der Waals surface area contributed by atoms with Gasteiger partial charge in [-0.2, -0.15) is 0 Å². The molecule has 0 aromatic heterocycles. The van der Waals surface area contributed by atoms with Crippen LogP contribution in [0.25, 0.3) is 0 Å². The molecular formula is C14H15Cl2NO4. The minimum Gasteiger partial charge on any atom is -0.481 e. The molecule has 1 fully saturated rings. The maximum absolute atomic E-state index is 11.9. The molecule has 1 amide bonds. The Balaban J connectivity index is 1.91. The molecule has 2 N–H and O–H groups in total. The number of nitrogens with one attached hydrogen (secondary N) is 1. The van der Waals surface area contributed by atoms with Crippen molar-refractivity contribution in [2.75, 3.05) is 6.54 Å². The Morgan fingerprint density at radius 3 is 2.67 bits per heavy atom. The molecule has 7 heteroatoms. The average molecular weight is 332 g/mol. The van der Waals surface area contributed by atoms with Crippen molar-refractivity contribution < 1.29 is 19.4 Å². The lowest BCUT2D eigenvalue weighted by Crippen LogP contribution is -2.41. The monoisotopic (exact) mass is 331 g/mol. The summed E-state index contributed by atoms with van der Waals surface area (Å²) in [6.07, 6.45) is 0.362. The summed E-state index contributed by atoms with van der Waals surface area (Å²) in [4.78, 5) is 23.0. The smallest absolute Gasteiger partial charge is 0.311 e. The molecule has 21 heavy (non-hydrogen) atoms. The van der Waals surface area contributed by atoms with Gasteiger partial charge in [-0.05, 0) is 31.9 Å². The van der Waals surface area contributed by atoms with E-state index in [1.807, 2.05) is 0 Å². The van der Waals surface area contributed by atoms with Gasteiger partial charge in [0, 0.05) is 6.54 Å². The molecule has 5 nitrogen and oxygen atoms in total. The zero-order valence-corrected chi connectivity index (χ0v) is 12.9. The fraction of sp³-hybridized carbons (Fsp3) is 0.429. The summed E-state index contributed by atoms with van der Waals surface area (Å²) in [6, 6.07) is 4.89. The van der Waals surface area contributed by atoms with Gasteiger partial charge in [0.2, 0.25) is 0 Å². The number of rotatable bonds is 6. The van der Waals surface area contributed by atoms with Crippen molar-refractivity contribution in [1.29, 1.82) is 0 Å². The number of carboxylic acids is 1. The standard InChI is InChI=1S/C14H15Cl2NO4/c1-8(21-10-4-2-3-9(15)11(10)16)12(18)17-7-14(5-6-14)13(19)20/h2-4,8H,5-7H2,1H3,(H,17,18)(H,19,20). The highest BCUT2D eigenvalue weighted by molar-refractivity contribution is 6.42. The Morgan fingerprint density at radius 2 is 2.10 bits per heavy atom. The SMILES string of the molecule is CC(Oc1cccc(Cl)c1Cl)C(=O)NCC1(C(=O)O)CC1. The van der Waals surface area contributed by atoms with Crippen molar-refractivity contribution in [3.63, 3.8) is 0 Å². The van der Waals surface area contributed by atoms with Gasteiger partial charge in [0.25, 0.3) is 5.91 Å². The number of hydrogen-bond donors (Lipinski definition) is 2. The molecule has 0 bridgehead atoms. The van der Waals surface area contributed by atoms with Gasteiger partial charge in [-0.3, -0.25) is 9.59 Å². The minimum atomic E-state index is -0.880. The lowest BCUT2D eigenvalue weighted by Gasteiger charge is -2.17. The predicted octanol–water partition coefficient (Wildman–Crippen LogP) is 2.74. The van der Waals surface area contributed by atoms with Crippen LogP contribution < -0.4 is 10.1 Å². The van der Waals surface area contributed by atoms with Crippen LogP contribution in [0, 0.1) is 5.41 Å². The van der Waals surface area contributed by atoms with Crippen LogP contribution >= 0.6 is 23.2 Å². The second-order valence-corrected chi connectivity index (χ2v) is 5.90. The van der Waals surface area contributed by atoms with E-state index in [2.05, 4.69) is 5.32 Å².